The number of hydrogen-bond donors (Lipinski definition) is 0. The number of nitrogens with zero attached hydrogens (tertiary/aromatic N) is 1. The maximum Gasteiger partial charge on any atom is 0.306 e. The van der Waals surface area contributed by atoms with Crippen LogP contribution in [0.2, 0.25) is 0 Å². The van der Waals surface area contributed by atoms with Gasteiger partial charge in [0, 0.05) is 12.8 Å². The quantitative estimate of drug-likeness (QED) is 0.0195. The molecule has 0 aromatic carbocycles. The summed E-state index contributed by atoms with van der Waals surface area (Å²) in [7, 11) is 1.15. The summed E-state index contributed by atoms with van der Waals surface area (Å²) in [6, 6.07) is 0. The standard InChI is InChI=1S/C66H124NO8P/c1-6-8-10-12-14-16-18-20-21-22-23-24-25-26-27-28-29-30-31-32-33-34-35-36-37-38-39-40-41-42-43-44-45-47-48-50-52-54-56-58-65(68)72-62-64(63-74-76(70,71)73-61-60-67(3,4)5)75-66(69)59-57-55-53-51-49-46-19-17-15-13-11-9-7-2/h9,11,15,17,22-23,46,49,64H,6-8,10,12-14,16,18-21,24-45,47-48,50-63H2,1-5H3/b11-9-,17-15-,23-22-,49-46-. The van der Waals surface area contributed by atoms with Crippen LogP contribution in [0.4, 0.5) is 0 Å². The van der Waals surface area contributed by atoms with Gasteiger partial charge in [0.2, 0.25) is 0 Å². The zero-order chi connectivity index (χ0) is 55.6. The van der Waals surface area contributed by atoms with Gasteiger partial charge >= 0.3 is 11.9 Å². The van der Waals surface area contributed by atoms with Gasteiger partial charge in [-0.2, -0.15) is 0 Å². The molecule has 0 aliphatic carbocycles. The smallest absolute Gasteiger partial charge is 0.306 e. The van der Waals surface area contributed by atoms with Crippen LogP contribution in [0.5, 0.6) is 0 Å². The Morgan fingerprint density at radius 1 is 0.421 bits per heavy atom. The highest BCUT2D eigenvalue weighted by atomic mass is 31.2. The normalized spacial score (nSPS) is 13.5. The first-order valence-corrected chi connectivity index (χ1v) is 33.8. The van der Waals surface area contributed by atoms with Gasteiger partial charge in [-0.05, 0) is 70.6 Å². The van der Waals surface area contributed by atoms with Crippen molar-refractivity contribution in [2.24, 2.45) is 0 Å². The SMILES string of the molecule is CC/C=C\C/C=C\C/C=C\CCCCCC(=O)OC(COC(=O)CCCCCCCCCCCCCCCCCCCCCCCCCCCCC/C=C\CCCCCCCCCC)COP(=O)([O-])OCC[N+](C)(C)C. The van der Waals surface area contributed by atoms with Crippen molar-refractivity contribution in [2.45, 2.75) is 315 Å². The minimum absolute atomic E-state index is 0.0363. The number of rotatable bonds is 60. The predicted molar refractivity (Wildman–Crippen MR) is 324 cm³/mol. The number of carbonyl (C=O) groups excluding carboxylic acids is 2. The van der Waals surface area contributed by atoms with E-state index in [-0.39, 0.29) is 32.0 Å². The molecule has 0 fully saturated rings. The van der Waals surface area contributed by atoms with Crippen molar-refractivity contribution >= 4 is 19.8 Å². The minimum atomic E-state index is -4.64. The van der Waals surface area contributed by atoms with E-state index in [4.69, 9.17) is 18.5 Å². The second-order valence-corrected chi connectivity index (χ2v) is 24.5. The number of phosphoric ester groups is 1. The molecule has 446 valence electrons. The summed E-state index contributed by atoms with van der Waals surface area (Å²) in [5.41, 5.74) is 0. The van der Waals surface area contributed by atoms with Crippen LogP contribution < -0.4 is 4.89 Å². The molecular weight excluding hydrogens is 966 g/mol. The Balaban J connectivity index is 3.84. The maximum absolute atomic E-state index is 12.7. The van der Waals surface area contributed by atoms with Gasteiger partial charge in [-0.25, -0.2) is 0 Å². The number of ether oxygens (including phenoxy) is 2. The first-order chi connectivity index (χ1) is 37.0. The molecule has 0 amide bonds. The van der Waals surface area contributed by atoms with E-state index in [1.54, 1.807) is 0 Å². The molecular formula is C66H124NO8P. The predicted octanol–water partition coefficient (Wildman–Crippen LogP) is 19.9. The molecule has 76 heavy (non-hydrogen) atoms. The number of quaternary nitrogens is 1. The van der Waals surface area contributed by atoms with Gasteiger partial charge in [0.25, 0.3) is 7.82 Å². The molecule has 10 heteroatoms. The van der Waals surface area contributed by atoms with Crippen LogP contribution in [0.3, 0.4) is 0 Å². The molecule has 0 rings (SSSR count). The van der Waals surface area contributed by atoms with E-state index in [0.29, 0.717) is 17.4 Å². The van der Waals surface area contributed by atoms with Crippen LogP contribution in [0.15, 0.2) is 48.6 Å². The first kappa shape index (κ1) is 74.0. The van der Waals surface area contributed by atoms with E-state index in [1.165, 1.54) is 218 Å². The van der Waals surface area contributed by atoms with E-state index < -0.39 is 26.5 Å². The Bertz CT molecular complexity index is 1420. The van der Waals surface area contributed by atoms with Gasteiger partial charge in [0.1, 0.15) is 19.8 Å². The van der Waals surface area contributed by atoms with Crippen LogP contribution >= 0.6 is 7.82 Å². The summed E-state index contributed by atoms with van der Waals surface area (Å²) < 4.78 is 34.1. The molecule has 0 aromatic rings. The highest BCUT2D eigenvalue weighted by Crippen LogP contribution is 2.38. The average molecular weight is 1090 g/mol. The molecule has 0 saturated carbocycles. The minimum Gasteiger partial charge on any atom is -0.756 e. The number of phosphoric acid groups is 1. The largest absolute Gasteiger partial charge is 0.756 e. The molecule has 0 bridgehead atoms. The number of unbranched alkanes of at least 4 members (excludes halogenated alkanes) is 38. The molecule has 0 aliphatic heterocycles. The Labute approximate surface area is 471 Å². The summed E-state index contributed by atoms with van der Waals surface area (Å²) in [6.07, 6.45) is 73.7. The van der Waals surface area contributed by atoms with Crippen molar-refractivity contribution < 1.29 is 42.1 Å². The van der Waals surface area contributed by atoms with Crippen molar-refractivity contribution in [3.63, 3.8) is 0 Å². The van der Waals surface area contributed by atoms with Gasteiger partial charge in [-0.3, -0.25) is 14.2 Å². The molecule has 0 spiro atoms. The highest BCUT2D eigenvalue weighted by molar-refractivity contribution is 7.45. The molecule has 0 aromatic heterocycles. The number of carbonyl (C=O) groups is 2. The fraction of sp³-hybridized carbons (Fsp3) is 0.848. The number of hydrogen-bond acceptors (Lipinski definition) is 8. The van der Waals surface area contributed by atoms with Crippen LogP contribution in [-0.2, 0) is 32.7 Å². The Kier molecular flexibility index (Phi) is 56.1. The van der Waals surface area contributed by atoms with Gasteiger partial charge in [0.05, 0.1) is 27.7 Å². The lowest BCUT2D eigenvalue weighted by Gasteiger charge is -2.28. The van der Waals surface area contributed by atoms with Gasteiger partial charge < -0.3 is 27.9 Å². The number of likely N-dealkylation sites (N-methyl/N-ethyl adjacent to an activating group) is 1. The molecule has 0 radical (unpaired) electrons. The second-order valence-electron chi connectivity index (χ2n) is 23.1. The zero-order valence-electron chi connectivity index (χ0n) is 50.7. The van der Waals surface area contributed by atoms with Crippen LogP contribution in [0, 0.1) is 0 Å². The van der Waals surface area contributed by atoms with Gasteiger partial charge in [-0.1, -0.05) is 274 Å². The topological polar surface area (TPSA) is 111 Å². The maximum atomic E-state index is 12.7. The highest BCUT2D eigenvalue weighted by Gasteiger charge is 2.22. The Morgan fingerprint density at radius 2 is 0.750 bits per heavy atom. The third kappa shape index (κ3) is 61.2. The summed E-state index contributed by atoms with van der Waals surface area (Å²) in [5, 5.41) is 0. The number of esters is 2. The summed E-state index contributed by atoms with van der Waals surface area (Å²) >= 11 is 0. The van der Waals surface area contributed by atoms with Crippen LogP contribution in [0.25, 0.3) is 0 Å². The molecule has 0 aliphatic rings. The van der Waals surface area contributed by atoms with Crippen molar-refractivity contribution in [2.75, 3.05) is 47.5 Å². The monoisotopic (exact) mass is 1090 g/mol. The second kappa shape index (κ2) is 57.6. The summed E-state index contributed by atoms with van der Waals surface area (Å²) in [6.45, 7) is 4.11. The summed E-state index contributed by atoms with van der Waals surface area (Å²) in [4.78, 5) is 37.8. The fourth-order valence-corrected chi connectivity index (χ4v) is 10.1. The van der Waals surface area contributed by atoms with Gasteiger partial charge in [0.15, 0.2) is 6.10 Å². The van der Waals surface area contributed by atoms with Gasteiger partial charge in [-0.15, -0.1) is 0 Å². The summed E-state index contributed by atoms with van der Waals surface area (Å²) in [5.74, 6) is -0.858. The molecule has 2 unspecified atom stereocenters. The third-order valence-corrected chi connectivity index (χ3v) is 15.3. The molecule has 2 atom stereocenters. The lowest BCUT2D eigenvalue weighted by molar-refractivity contribution is -0.870. The van der Waals surface area contributed by atoms with E-state index in [1.807, 2.05) is 21.1 Å². The fourth-order valence-electron chi connectivity index (χ4n) is 9.37. The molecule has 9 nitrogen and oxygen atoms in total. The Hall–Kier alpha value is -2.03. The van der Waals surface area contributed by atoms with E-state index in [9.17, 15) is 19.0 Å². The average Bonchev–Trinajstić information content (AvgIpc) is 3.38. The third-order valence-electron chi connectivity index (χ3n) is 14.3. The van der Waals surface area contributed by atoms with Crippen molar-refractivity contribution in [1.82, 2.24) is 0 Å². The van der Waals surface area contributed by atoms with E-state index in [0.717, 1.165) is 57.8 Å². The van der Waals surface area contributed by atoms with Crippen molar-refractivity contribution in [3.8, 4) is 0 Å². The van der Waals surface area contributed by atoms with Crippen molar-refractivity contribution in [1.29, 1.82) is 0 Å². The molecule has 0 saturated heterocycles. The van der Waals surface area contributed by atoms with E-state index in [2.05, 4.69) is 62.5 Å². The van der Waals surface area contributed by atoms with E-state index >= 15 is 0 Å². The Morgan fingerprint density at radius 3 is 1.14 bits per heavy atom. The number of allylic oxidation sites excluding steroid dienone is 8. The first-order valence-electron chi connectivity index (χ1n) is 32.3. The lowest BCUT2D eigenvalue weighted by Crippen LogP contribution is -2.37. The lowest BCUT2D eigenvalue weighted by atomic mass is 10.0. The zero-order valence-corrected chi connectivity index (χ0v) is 51.6. The van der Waals surface area contributed by atoms with Crippen LogP contribution in [0.1, 0.15) is 309 Å². The molecule has 0 N–H and O–H groups in total. The van der Waals surface area contributed by atoms with Crippen molar-refractivity contribution in [3.05, 3.63) is 48.6 Å². The van der Waals surface area contributed by atoms with Crippen LogP contribution in [-0.4, -0.2) is 70.0 Å². The molecule has 0 heterocycles.